The Morgan fingerprint density at radius 3 is 2.50 bits per heavy atom. The molecule has 1 aliphatic rings. The van der Waals surface area contributed by atoms with Gasteiger partial charge in [0.1, 0.15) is 0 Å². The van der Waals surface area contributed by atoms with Gasteiger partial charge in [-0.15, -0.1) is 5.10 Å². The van der Waals surface area contributed by atoms with Crippen LogP contribution >= 0.6 is 0 Å². The molecule has 0 aliphatic carbocycles. The first kappa shape index (κ1) is 12.4. The predicted octanol–water partition coefficient (Wildman–Crippen LogP) is 1.05. The maximum Gasteiger partial charge on any atom is 0.257 e. The van der Waals surface area contributed by atoms with Crippen LogP contribution in [-0.2, 0) is 0 Å². The summed E-state index contributed by atoms with van der Waals surface area (Å²) in [7, 11) is 0. The molecule has 1 saturated heterocycles. The molecular formula is C13H18N4O. The average Bonchev–Trinajstić information content (AvgIpc) is 2.82. The Morgan fingerprint density at radius 1 is 1.28 bits per heavy atom. The van der Waals surface area contributed by atoms with Crippen molar-refractivity contribution in [1.82, 2.24) is 10.3 Å². The summed E-state index contributed by atoms with van der Waals surface area (Å²) in [6.45, 7) is 3.78. The molecule has 0 bridgehead atoms. The van der Waals surface area contributed by atoms with Gasteiger partial charge in [-0.05, 0) is 31.9 Å². The zero-order chi connectivity index (χ0) is 13.0. The van der Waals surface area contributed by atoms with E-state index >= 15 is 0 Å². The number of carbonyl (C=O) groups excluding carboxylic acids is 1. The van der Waals surface area contributed by atoms with Crippen molar-refractivity contribution in [2.45, 2.75) is 19.8 Å². The van der Waals surface area contributed by atoms with Crippen LogP contribution < -0.4 is 11.1 Å². The van der Waals surface area contributed by atoms with Gasteiger partial charge in [-0.3, -0.25) is 15.1 Å². The first-order valence-corrected chi connectivity index (χ1v) is 6.12. The molecule has 1 amide bonds. The van der Waals surface area contributed by atoms with Crippen LogP contribution in [0.4, 0.5) is 0 Å². The van der Waals surface area contributed by atoms with Gasteiger partial charge < -0.3 is 5.73 Å². The largest absolute Gasteiger partial charge is 0.368 e. The molecule has 0 radical (unpaired) electrons. The second-order valence-electron chi connectivity index (χ2n) is 4.47. The highest BCUT2D eigenvalue weighted by atomic mass is 16.1. The molecule has 0 spiro atoms. The molecule has 5 nitrogen and oxygen atoms in total. The Balaban J connectivity index is 1.96. The molecule has 0 saturated carbocycles. The average molecular weight is 246 g/mol. The van der Waals surface area contributed by atoms with Gasteiger partial charge in [-0.2, -0.15) is 0 Å². The number of amides is 1. The molecule has 0 unspecified atom stereocenters. The fraction of sp³-hybridized carbons (Fsp3) is 0.385. The summed E-state index contributed by atoms with van der Waals surface area (Å²) in [5.74, 6) is -0.0714. The summed E-state index contributed by atoms with van der Waals surface area (Å²) in [6.07, 6.45) is 2.26. The monoisotopic (exact) mass is 246 g/mol. The van der Waals surface area contributed by atoms with Crippen molar-refractivity contribution in [2.24, 2.45) is 10.8 Å². The molecule has 96 valence electrons. The molecule has 18 heavy (non-hydrogen) atoms. The van der Waals surface area contributed by atoms with Crippen molar-refractivity contribution in [2.75, 3.05) is 13.1 Å². The van der Waals surface area contributed by atoms with Crippen LogP contribution in [0.2, 0.25) is 0 Å². The van der Waals surface area contributed by atoms with Gasteiger partial charge in [0.15, 0.2) is 0 Å². The zero-order valence-electron chi connectivity index (χ0n) is 10.5. The van der Waals surface area contributed by atoms with Crippen molar-refractivity contribution in [3.8, 4) is 0 Å². The van der Waals surface area contributed by atoms with E-state index < -0.39 is 0 Å². The summed E-state index contributed by atoms with van der Waals surface area (Å²) < 4.78 is 0. The summed E-state index contributed by atoms with van der Waals surface area (Å²) in [6, 6.07) is 7.33. The molecule has 1 aromatic carbocycles. The summed E-state index contributed by atoms with van der Waals surface area (Å²) in [5.41, 5.74) is 7.40. The first-order valence-electron chi connectivity index (χ1n) is 6.12. The van der Waals surface area contributed by atoms with E-state index in [2.05, 4.69) is 10.4 Å². The Morgan fingerprint density at radius 2 is 1.89 bits per heavy atom. The Bertz CT molecular complexity index is 447. The molecule has 3 N–H and O–H groups in total. The van der Waals surface area contributed by atoms with Crippen LogP contribution in [0, 0.1) is 6.92 Å². The minimum Gasteiger partial charge on any atom is -0.368 e. The lowest BCUT2D eigenvalue weighted by atomic mass is 10.1. The van der Waals surface area contributed by atoms with Crippen LogP contribution in [0.5, 0.6) is 0 Å². The Hall–Kier alpha value is -2.04. The third-order valence-corrected chi connectivity index (χ3v) is 2.89. The zero-order valence-corrected chi connectivity index (χ0v) is 10.5. The van der Waals surface area contributed by atoms with Gasteiger partial charge in [0.25, 0.3) is 5.91 Å². The van der Waals surface area contributed by atoms with Crippen LogP contribution in [0.1, 0.15) is 28.8 Å². The van der Waals surface area contributed by atoms with Crippen molar-refractivity contribution in [3.63, 3.8) is 0 Å². The van der Waals surface area contributed by atoms with Gasteiger partial charge in [-0.1, -0.05) is 17.7 Å². The second kappa shape index (κ2) is 5.53. The van der Waals surface area contributed by atoms with E-state index in [-0.39, 0.29) is 11.9 Å². The maximum absolute atomic E-state index is 11.8. The third-order valence-electron chi connectivity index (χ3n) is 2.89. The summed E-state index contributed by atoms with van der Waals surface area (Å²) in [4.78, 5) is 11.8. The first-order chi connectivity index (χ1) is 8.65. The van der Waals surface area contributed by atoms with Crippen LogP contribution in [0.25, 0.3) is 0 Å². The number of carbonyl (C=O) groups is 1. The fourth-order valence-corrected chi connectivity index (χ4v) is 1.87. The minimum absolute atomic E-state index is 0.155. The smallest absolute Gasteiger partial charge is 0.257 e. The number of hydrogen-bond donors (Lipinski definition) is 2. The normalized spacial score (nSPS) is 15.8. The number of hydrogen-bond acceptors (Lipinski definition) is 3. The Labute approximate surface area is 107 Å². The van der Waals surface area contributed by atoms with Crippen LogP contribution in [0.15, 0.2) is 29.4 Å². The molecule has 1 aromatic rings. The van der Waals surface area contributed by atoms with E-state index in [0.29, 0.717) is 5.56 Å². The van der Waals surface area contributed by atoms with Crippen LogP contribution in [-0.4, -0.2) is 30.0 Å². The molecule has 5 heteroatoms. The van der Waals surface area contributed by atoms with E-state index in [1.165, 1.54) is 0 Å². The van der Waals surface area contributed by atoms with Crippen molar-refractivity contribution >= 4 is 11.9 Å². The lowest BCUT2D eigenvalue weighted by molar-refractivity contribution is 0.0976. The molecule has 0 atom stereocenters. The standard InChI is InChI=1S/C13H18N4O/c1-10-4-6-11(7-5-10)12(18)15-13(14)16-17-8-2-3-9-17/h4-7H,2-3,8-9H2,1H3,(H3,14,15,16,18). The molecule has 1 heterocycles. The van der Waals surface area contributed by atoms with Gasteiger partial charge >= 0.3 is 0 Å². The number of benzene rings is 1. The highest BCUT2D eigenvalue weighted by molar-refractivity contribution is 6.05. The predicted molar refractivity (Wildman–Crippen MR) is 71.1 cm³/mol. The topological polar surface area (TPSA) is 70.7 Å². The maximum atomic E-state index is 11.8. The number of nitrogens with zero attached hydrogens (tertiary/aromatic N) is 2. The van der Waals surface area contributed by atoms with Crippen LogP contribution in [0.3, 0.4) is 0 Å². The molecule has 2 rings (SSSR count). The van der Waals surface area contributed by atoms with Crippen molar-refractivity contribution < 1.29 is 4.79 Å². The summed E-state index contributed by atoms with van der Waals surface area (Å²) >= 11 is 0. The lowest BCUT2D eigenvalue weighted by Crippen LogP contribution is -2.38. The Kier molecular flexibility index (Phi) is 3.82. The second-order valence-corrected chi connectivity index (χ2v) is 4.47. The number of nitrogens with one attached hydrogen (secondary N) is 1. The van der Waals surface area contributed by atoms with E-state index in [1.807, 2.05) is 24.1 Å². The minimum atomic E-state index is -0.226. The molecule has 1 fully saturated rings. The fourth-order valence-electron chi connectivity index (χ4n) is 1.87. The SMILES string of the molecule is Cc1ccc(C(=O)N/C(N)=N/N2CCCC2)cc1. The van der Waals surface area contributed by atoms with Gasteiger partial charge in [0, 0.05) is 18.7 Å². The van der Waals surface area contributed by atoms with Crippen molar-refractivity contribution in [3.05, 3.63) is 35.4 Å². The number of nitrogens with two attached hydrogens (primary N) is 1. The molecule has 0 aromatic heterocycles. The summed E-state index contributed by atoms with van der Waals surface area (Å²) in [5, 5.41) is 8.62. The van der Waals surface area contributed by atoms with E-state index in [0.717, 1.165) is 31.5 Å². The highest BCUT2D eigenvalue weighted by Gasteiger charge is 2.11. The lowest BCUT2D eigenvalue weighted by Gasteiger charge is -2.12. The quantitative estimate of drug-likeness (QED) is 0.605. The number of aryl methyl sites for hydroxylation is 1. The van der Waals surface area contributed by atoms with E-state index in [4.69, 9.17) is 5.73 Å². The third kappa shape index (κ3) is 3.23. The van der Waals surface area contributed by atoms with Gasteiger partial charge in [0.2, 0.25) is 5.96 Å². The van der Waals surface area contributed by atoms with Crippen molar-refractivity contribution in [1.29, 1.82) is 0 Å². The molecule has 1 aliphatic heterocycles. The number of guanidine groups is 1. The van der Waals surface area contributed by atoms with Gasteiger partial charge in [0.05, 0.1) is 0 Å². The number of hydrazone groups is 1. The van der Waals surface area contributed by atoms with E-state index in [9.17, 15) is 4.79 Å². The highest BCUT2D eigenvalue weighted by Crippen LogP contribution is 2.07. The molecular weight excluding hydrogens is 228 g/mol. The number of rotatable bonds is 2. The van der Waals surface area contributed by atoms with E-state index in [1.54, 1.807) is 12.1 Å². The van der Waals surface area contributed by atoms with Gasteiger partial charge in [-0.25, -0.2) is 0 Å².